The first-order valence-electron chi connectivity index (χ1n) is 12.3. The predicted octanol–water partition coefficient (Wildman–Crippen LogP) is 2.34. The molecular weight excluding hydrogens is 516 g/mol. The topological polar surface area (TPSA) is 138 Å². The number of carbonyl (C=O) groups excluding carboxylic acids is 2. The number of hydrogen-bond acceptors (Lipinski definition) is 9. The number of carbonyl (C=O) groups is 2. The van der Waals surface area contributed by atoms with Crippen LogP contribution in [0, 0.1) is 5.92 Å². The maximum absolute atomic E-state index is 13.1. The number of rotatable bonds is 12. The Morgan fingerprint density at radius 3 is 2.58 bits per heavy atom. The van der Waals surface area contributed by atoms with E-state index in [2.05, 4.69) is 35.1 Å². The lowest BCUT2D eigenvalue weighted by molar-refractivity contribution is -0.158. The van der Waals surface area contributed by atoms with Crippen molar-refractivity contribution in [1.29, 1.82) is 0 Å². The molecule has 1 saturated carbocycles. The second-order valence-electron chi connectivity index (χ2n) is 9.29. The number of aliphatic hydroxyl groups excluding tert-OH is 1. The van der Waals surface area contributed by atoms with Gasteiger partial charge in [0.05, 0.1) is 12.7 Å². The van der Waals surface area contributed by atoms with E-state index < -0.39 is 43.7 Å². The lowest BCUT2D eigenvalue weighted by Gasteiger charge is -2.22. The largest absolute Gasteiger partial charge is 0.393 e. The highest BCUT2D eigenvalue weighted by Crippen LogP contribution is 2.25. The van der Waals surface area contributed by atoms with Crippen LogP contribution in [0.5, 0.6) is 0 Å². The molecule has 0 bridgehead atoms. The van der Waals surface area contributed by atoms with Crippen molar-refractivity contribution in [3.05, 3.63) is 11.8 Å². The van der Waals surface area contributed by atoms with Gasteiger partial charge in [0, 0.05) is 37.6 Å². The third kappa shape index (κ3) is 9.44. The fraction of sp³-hybridized carbons (Fsp3) is 0.696. The van der Waals surface area contributed by atoms with Crippen LogP contribution in [0.4, 0.5) is 29.3 Å². The molecular formula is C23H32F4N6O5. The Morgan fingerprint density at radius 2 is 1.89 bits per heavy atom. The summed E-state index contributed by atoms with van der Waals surface area (Å²) in [5.74, 6) is -0.934. The van der Waals surface area contributed by atoms with E-state index in [4.69, 9.17) is 0 Å². The van der Waals surface area contributed by atoms with E-state index in [-0.39, 0.29) is 49.0 Å². The zero-order chi connectivity index (χ0) is 27.7. The van der Waals surface area contributed by atoms with Crippen LogP contribution in [0.15, 0.2) is 11.2 Å². The number of hydrogen-bond donors (Lipinski definition) is 3. The normalized spacial score (nSPS) is 22.8. The van der Waals surface area contributed by atoms with Crippen LogP contribution < -0.4 is 10.6 Å². The molecule has 11 nitrogen and oxygen atoms in total. The summed E-state index contributed by atoms with van der Waals surface area (Å²) in [6.45, 7) is -5.02. The number of ether oxygens (including phenoxy) is 2. The van der Waals surface area contributed by atoms with E-state index in [1.165, 1.54) is 11.1 Å². The molecule has 2 fully saturated rings. The van der Waals surface area contributed by atoms with Crippen molar-refractivity contribution < 1.29 is 41.7 Å². The van der Waals surface area contributed by atoms with Crippen molar-refractivity contribution in [3.63, 3.8) is 0 Å². The maximum atomic E-state index is 13.1. The van der Waals surface area contributed by atoms with E-state index in [0.717, 1.165) is 12.8 Å². The monoisotopic (exact) mass is 548 g/mol. The molecule has 1 aliphatic carbocycles. The third-order valence-corrected chi connectivity index (χ3v) is 6.22. The number of alkyl halides is 4. The van der Waals surface area contributed by atoms with Crippen LogP contribution in [0.3, 0.4) is 0 Å². The molecule has 1 aromatic rings. The van der Waals surface area contributed by atoms with Crippen LogP contribution in [0.2, 0.25) is 0 Å². The van der Waals surface area contributed by atoms with Crippen molar-refractivity contribution in [1.82, 2.24) is 20.2 Å². The molecule has 1 aromatic heterocycles. The molecule has 0 aromatic carbocycles. The molecule has 3 N–H and O–H groups in total. The summed E-state index contributed by atoms with van der Waals surface area (Å²) in [6, 6.07) is -0.990. The summed E-state index contributed by atoms with van der Waals surface area (Å²) >= 11 is 0. The van der Waals surface area contributed by atoms with Gasteiger partial charge in [-0.3, -0.25) is 9.59 Å². The van der Waals surface area contributed by atoms with Gasteiger partial charge in [-0.1, -0.05) is 0 Å². The minimum Gasteiger partial charge on any atom is -0.393 e. The summed E-state index contributed by atoms with van der Waals surface area (Å²) in [7, 11) is 0. The minimum absolute atomic E-state index is 0.0596. The van der Waals surface area contributed by atoms with Gasteiger partial charge in [-0.2, -0.15) is 22.5 Å². The molecule has 2 atom stereocenters. The van der Waals surface area contributed by atoms with Gasteiger partial charge >= 0.3 is 13.2 Å². The standard InChI is InChI=1S/C23H32F4N6O5/c1-13(11-37-21(24)25)30-23-29-9-17(19(32-23)28-8-14-2-4-16(34)5-3-14)20(36)31-15-6-7-33(10-15)18(35)12-38-22(26)27/h8-9,13-16,21-22,34H,2-7,10-12H2,1H3,(H,31,36)(H,29,30,32)/b28-8-/t13-,14?,15-,16?/m0/s1. The van der Waals surface area contributed by atoms with Crippen LogP contribution in [0.1, 0.15) is 49.4 Å². The van der Waals surface area contributed by atoms with Gasteiger partial charge < -0.3 is 30.1 Å². The van der Waals surface area contributed by atoms with Gasteiger partial charge in [0.1, 0.15) is 12.2 Å². The summed E-state index contributed by atoms with van der Waals surface area (Å²) < 4.78 is 57.4. The van der Waals surface area contributed by atoms with Crippen LogP contribution in [-0.4, -0.2) is 95.7 Å². The number of likely N-dealkylation sites (tertiary alicyclic amines) is 1. The van der Waals surface area contributed by atoms with Gasteiger partial charge in [-0.25, -0.2) is 9.98 Å². The van der Waals surface area contributed by atoms with E-state index >= 15 is 0 Å². The third-order valence-electron chi connectivity index (χ3n) is 6.22. The second kappa shape index (κ2) is 14.3. The van der Waals surface area contributed by atoms with Crippen LogP contribution >= 0.6 is 0 Å². The maximum Gasteiger partial charge on any atom is 0.345 e. The first kappa shape index (κ1) is 29.6. The average Bonchev–Trinajstić information content (AvgIpc) is 3.34. The second-order valence-corrected chi connectivity index (χ2v) is 9.29. The van der Waals surface area contributed by atoms with Gasteiger partial charge in [-0.15, -0.1) is 0 Å². The van der Waals surface area contributed by atoms with E-state index in [9.17, 15) is 32.3 Å². The fourth-order valence-corrected chi connectivity index (χ4v) is 4.20. The number of nitrogens with one attached hydrogen (secondary N) is 2. The summed E-state index contributed by atoms with van der Waals surface area (Å²) in [5, 5.41) is 15.3. The van der Waals surface area contributed by atoms with Gasteiger partial charge in [0.2, 0.25) is 11.9 Å². The van der Waals surface area contributed by atoms with Gasteiger partial charge in [0.15, 0.2) is 5.82 Å². The Bertz CT molecular complexity index is 964. The smallest absolute Gasteiger partial charge is 0.345 e. The molecule has 1 aliphatic heterocycles. The molecule has 1 saturated heterocycles. The molecule has 0 radical (unpaired) electrons. The number of nitrogens with zero attached hydrogens (tertiary/aromatic N) is 4. The van der Waals surface area contributed by atoms with E-state index in [1.807, 2.05) is 0 Å². The number of aliphatic hydroxyl groups is 1. The number of halogens is 4. The van der Waals surface area contributed by atoms with Crippen molar-refractivity contribution in [2.75, 3.05) is 31.6 Å². The SMILES string of the molecule is C[C@@H](COC(F)F)Nc1ncc(C(=O)N[C@H]2CCN(C(=O)COC(F)F)C2)c(/N=C\C2CCC(O)CC2)n1. The summed E-state index contributed by atoms with van der Waals surface area (Å²) in [6.07, 6.45) is 5.75. The molecule has 0 spiro atoms. The van der Waals surface area contributed by atoms with E-state index in [1.54, 1.807) is 13.1 Å². The van der Waals surface area contributed by atoms with Crippen molar-refractivity contribution in [3.8, 4) is 0 Å². The lowest BCUT2D eigenvalue weighted by Crippen LogP contribution is -2.39. The molecule has 2 amide bonds. The lowest BCUT2D eigenvalue weighted by atomic mass is 9.88. The Kier molecular flexibility index (Phi) is 11.2. The first-order chi connectivity index (χ1) is 18.1. The first-order valence-corrected chi connectivity index (χ1v) is 12.3. The van der Waals surface area contributed by atoms with Crippen LogP contribution in [-0.2, 0) is 14.3 Å². The number of aromatic nitrogens is 2. The Hall–Kier alpha value is -2.91. The van der Waals surface area contributed by atoms with Crippen molar-refractivity contribution >= 4 is 29.8 Å². The molecule has 38 heavy (non-hydrogen) atoms. The zero-order valence-electron chi connectivity index (χ0n) is 20.9. The molecule has 2 heterocycles. The Balaban J connectivity index is 1.68. The number of aliphatic imine (C=N–C) groups is 1. The predicted molar refractivity (Wildman–Crippen MR) is 128 cm³/mol. The highest BCUT2D eigenvalue weighted by atomic mass is 19.3. The summed E-state index contributed by atoms with van der Waals surface area (Å²) in [4.78, 5) is 39.2. The minimum atomic E-state index is -3.05. The van der Waals surface area contributed by atoms with E-state index in [0.29, 0.717) is 19.3 Å². The van der Waals surface area contributed by atoms with Crippen LogP contribution in [0.25, 0.3) is 0 Å². The fourth-order valence-electron chi connectivity index (χ4n) is 4.20. The quantitative estimate of drug-likeness (QED) is 0.267. The van der Waals surface area contributed by atoms with Crippen molar-refractivity contribution in [2.45, 2.75) is 70.4 Å². The Morgan fingerprint density at radius 1 is 1.18 bits per heavy atom. The molecule has 2 aliphatic rings. The molecule has 212 valence electrons. The highest BCUT2D eigenvalue weighted by Gasteiger charge is 2.29. The number of amides is 2. The summed E-state index contributed by atoms with van der Waals surface area (Å²) in [5.41, 5.74) is 0.0601. The Labute approximate surface area is 217 Å². The zero-order valence-corrected chi connectivity index (χ0v) is 20.9. The highest BCUT2D eigenvalue weighted by molar-refractivity contribution is 5.98. The van der Waals surface area contributed by atoms with Crippen molar-refractivity contribution in [2.24, 2.45) is 10.9 Å². The average molecular weight is 549 g/mol. The van der Waals surface area contributed by atoms with Gasteiger partial charge in [0.25, 0.3) is 5.91 Å². The number of anilines is 1. The molecule has 3 rings (SSSR count). The molecule has 15 heteroatoms. The van der Waals surface area contributed by atoms with Gasteiger partial charge in [-0.05, 0) is 44.9 Å². The molecule has 0 unspecified atom stereocenters.